The van der Waals surface area contributed by atoms with Gasteiger partial charge in [-0.25, -0.2) is 14.5 Å². The number of methoxy groups -OCH3 is 1. The smallest absolute Gasteiger partial charge is 0.393 e. The Hall–Kier alpha value is -4.32. The van der Waals surface area contributed by atoms with Crippen molar-refractivity contribution in [3.63, 3.8) is 0 Å². The second-order valence-corrected chi connectivity index (χ2v) is 11.6. The number of hydrogen-bond acceptors (Lipinski definition) is 7. The van der Waals surface area contributed by atoms with Gasteiger partial charge >= 0.3 is 6.18 Å². The average molecular weight is 582 g/mol. The zero-order valence-electron chi connectivity index (χ0n) is 23.8. The van der Waals surface area contributed by atoms with Crippen LogP contribution < -0.4 is 21.5 Å². The van der Waals surface area contributed by atoms with Gasteiger partial charge in [0.25, 0.3) is 0 Å². The second-order valence-electron chi connectivity index (χ2n) is 11.6. The number of benzene rings is 1. The molecule has 0 bridgehead atoms. The number of phenols is 1. The van der Waals surface area contributed by atoms with E-state index in [0.29, 0.717) is 22.6 Å². The first kappa shape index (κ1) is 29.2. The van der Waals surface area contributed by atoms with Gasteiger partial charge in [0.1, 0.15) is 11.6 Å². The molecule has 1 aromatic carbocycles. The van der Waals surface area contributed by atoms with Crippen molar-refractivity contribution in [1.82, 2.24) is 14.6 Å². The fourth-order valence-corrected chi connectivity index (χ4v) is 5.41. The van der Waals surface area contributed by atoms with Crippen molar-refractivity contribution in [2.45, 2.75) is 57.8 Å². The molecular weight excluding hydrogens is 547 g/mol. The van der Waals surface area contributed by atoms with Gasteiger partial charge in [-0.2, -0.15) is 18.3 Å². The molecule has 222 valence electrons. The largest absolute Gasteiger partial charge is 0.508 e. The summed E-state index contributed by atoms with van der Waals surface area (Å²) in [6.07, 6.45) is 0.933. The predicted molar refractivity (Wildman–Crippen MR) is 156 cm³/mol. The Kier molecular flexibility index (Phi) is 7.30. The molecule has 0 unspecified atom stereocenters. The number of aromatic nitrogens is 3. The number of hydrogen-bond donors (Lipinski definition) is 4. The normalized spacial score (nSPS) is 20.7. The maximum absolute atomic E-state index is 13.3. The van der Waals surface area contributed by atoms with Crippen LogP contribution in [-0.4, -0.2) is 50.4 Å². The van der Waals surface area contributed by atoms with Gasteiger partial charge in [-0.15, -0.1) is 0 Å². The fourth-order valence-electron chi connectivity index (χ4n) is 5.41. The molecule has 9 nitrogen and oxygen atoms in total. The maximum Gasteiger partial charge on any atom is 0.393 e. The van der Waals surface area contributed by atoms with Crippen LogP contribution in [0.3, 0.4) is 0 Å². The maximum atomic E-state index is 13.3. The van der Waals surface area contributed by atoms with E-state index < -0.39 is 18.1 Å². The number of pyridine rings is 1. The number of nitrogens with zero attached hydrogens (tertiary/aromatic N) is 4. The molecule has 1 saturated carbocycles. The van der Waals surface area contributed by atoms with Crippen LogP contribution in [0.1, 0.15) is 44.7 Å². The third kappa shape index (κ3) is 5.58. The van der Waals surface area contributed by atoms with Crippen LogP contribution in [-0.2, 0) is 6.42 Å². The Morgan fingerprint density at radius 2 is 1.93 bits per heavy atom. The number of nitrogens with one attached hydrogen (secondary N) is 1. The monoisotopic (exact) mass is 581 g/mol. The quantitative estimate of drug-likeness (QED) is 0.165. The molecule has 3 aromatic heterocycles. The van der Waals surface area contributed by atoms with E-state index in [9.17, 15) is 18.3 Å². The van der Waals surface area contributed by atoms with E-state index in [-0.39, 0.29) is 34.3 Å². The summed E-state index contributed by atoms with van der Waals surface area (Å²) in [5.74, 6) is 0.169. The minimum atomic E-state index is -4.50. The zero-order valence-corrected chi connectivity index (χ0v) is 23.8. The summed E-state index contributed by atoms with van der Waals surface area (Å²) in [5, 5.41) is 18.0. The Labute approximate surface area is 241 Å². The predicted octanol–water partition coefficient (Wildman–Crippen LogP) is 5.57. The Morgan fingerprint density at radius 1 is 1.17 bits per heavy atom. The van der Waals surface area contributed by atoms with Crippen LogP contribution in [0.15, 0.2) is 60.0 Å². The summed E-state index contributed by atoms with van der Waals surface area (Å²) >= 11 is 0. The molecule has 2 atom stereocenters. The van der Waals surface area contributed by atoms with Crippen LogP contribution in [0, 0.1) is 5.41 Å². The molecule has 0 amide bonds. The molecule has 0 aliphatic heterocycles. The van der Waals surface area contributed by atoms with Gasteiger partial charge in [0.2, 0.25) is 5.88 Å². The Morgan fingerprint density at radius 3 is 2.55 bits per heavy atom. The molecule has 5 rings (SSSR count). The van der Waals surface area contributed by atoms with Crippen LogP contribution in [0.25, 0.3) is 16.6 Å². The highest BCUT2D eigenvalue weighted by Gasteiger charge is 2.49. The van der Waals surface area contributed by atoms with Crippen molar-refractivity contribution in [2.75, 3.05) is 12.4 Å². The average Bonchev–Trinajstić information content (AvgIpc) is 3.44. The first-order chi connectivity index (χ1) is 19.7. The molecule has 1 aliphatic rings. The molecule has 0 saturated heterocycles. The van der Waals surface area contributed by atoms with Gasteiger partial charge in [0.15, 0.2) is 0 Å². The highest BCUT2D eigenvalue weighted by molar-refractivity contribution is 6.06. The van der Waals surface area contributed by atoms with Crippen LogP contribution in [0.2, 0.25) is 0 Å². The minimum Gasteiger partial charge on any atom is -0.508 e. The van der Waals surface area contributed by atoms with Crippen molar-refractivity contribution in [3.05, 3.63) is 66.1 Å². The van der Waals surface area contributed by atoms with Crippen molar-refractivity contribution < 1.29 is 23.0 Å². The number of alkyl halides is 3. The number of aromatic hydroxyl groups is 1. The number of ether oxygens (including phenoxy) is 1. The standard InChI is InChI=1S/C30H34F3N7O2/c1-28(2)24(9-10-29(28,3)35)39-26-21(27(34)38-22-7-6-20(41)11-18(22)13-30(31,32)33)15-37-40-16-19(12-23(26)40)17-5-8-25(42-4)36-14-17/h5-8,11-12,14-16,24,39,41H,9-10,13,35H2,1-4H3,(H2,34,38)/t24-,29+/m1/s1. The van der Waals surface area contributed by atoms with Gasteiger partial charge in [-0.3, -0.25) is 0 Å². The minimum absolute atomic E-state index is 0.00422. The van der Waals surface area contributed by atoms with E-state index in [0.717, 1.165) is 30.0 Å². The van der Waals surface area contributed by atoms with Gasteiger partial charge in [-0.1, -0.05) is 13.8 Å². The molecule has 42 heavy (non-hydrogen) atoms. The lowest BCUT2D eigenvalue weighted by Crippen LogP contribution is -2.51. The molecule has 0 radical (unpaired) electrons. The topological polar surface area (TPSA) is 136 Å². The highest BCUT2D eigenvalue weighted by Crippen LogP contribution is 2.46. The number of nitrogens with two attached hydrogens (primary N) is 2. The summed E-state index contributed by atoms with van der Waals surface area (Å²) in [6, 6.07) is 9.18. The molecule has 6 N–H and O–H groups in total. The summed E-state index contributed by atoms with van der Waals surface area (Å²) in [4.78, 5) is 8.69. The van der Waals surface area contributed by atoms with Gasteiger partial charge in [-0.05, 0) is 55.7 Å². The number of fused-ring (bicyclic) bond motifs is 1. The molecule has 3 heterocycles. The highest BCUT2D eigenvalue weighted by atomic mass is 19.4. The summed E-state index contributed by atoms with van der Waals surface area (Å²) in [5.41, 5.74) is 15.7. The molecule has 1 aliphatic carbocycles. The molecule has 0 spiro atoms. The van der Waals surface area contributed by atoms with E-state index in [2.05, 4.69) is 34.2 Å². The second kappa shape index (κ2) is 10.5. The third-order valence-corrected chi connectivity index (χ3v) is 8.50. The van der Waals surface area contributed by atoms with Gasteiger partial charge in [0, 0.05) is 46.6 Å². The van der Waals surface area contributed by atoms with Crippen molar-refractivity contribution in [3.8, 4) is 22.8 Å². The lowest BCUT2D eigenvalue weighted by Gasteiger charge is -2.39. The van der Waals surface area contributed by atoms with Crippen LogP contribution in [0.4, 0.5) is 24.5 Å². The first-order valence-corrected chi connectivity index (χ1v) is 13.5. The number of anilines is 1. The lowest BCUT2D eigenvalue weighted by molar-refractivity contribution is -0.127. The fraction of sp³-hybridized carbons (Fsp3) is 0.367. The summed E-state index contributed by atoms with van der Waals surface area (Å²) in [7, 11) is 1.55. The van der Waals surface area contributed by atoms with E-state index in [1.54, 1.807) is 23.9 Å². The summed E-state index contributed by atoms with van der Waals surface area (Å²) in [6.45, 7) is 6.26. The number of rotatable bonds is 7. The SMILES string of the molecule is COc1ccc(-c2cc3c(N[C@@H]4CC[C@](C)(N)C4(C)C)c(C(N)=Nc4ccc(O)cc4CC(F)(F)F)cnn3c2)cn1. The number of amidine groups is 1. The van der Waals surface area contributed by atoms with E-state index >= 15 is 0 Å². The van der Waals surface area contributed by atoms with E-state index in [4.69, 9.17) is 16.2 Å². The first-order valence-electron chi connectivity index (χ1n) is 13.5. The van der Waals surface area contributed by atoms with Gasteiger partial charge < -0.3 is 26.6 Å². The van der Waals surface area contributed by atoms with Crippen molar-refractivity contribution >= 4 is 22.7 Å². The van der Waals surface area contributed by atoms with Crippen molar-refractivity contribution in [1.29, 1.82) is 0 Å². The molecular formula is C30H34F3N7O2. The van der Waals surface area contributed by atoms with E-state index in [1.165, 1.54) is 18.3 Å². The Balaban J connectivity index is 1.64. The van der Waals surface area contributed by atoms with Crippen molar-refractivity contribution in [2.24, 2.45) is 21.9 Å². The Bertz CT molecular complexity index is 1640. The number of halogens is 3. The van der Waals surface area contributed by atoms with Crippen LogP contribution >= 0.6 is 0 Å². The lowest BCUT2D eigenvalue weighted by atomic mass is 9.75. The molecule has 1 fully saturated rings. The molecule has 4 aromatic rings. The van der Waals surface area contributed by atoms with E-state index in [1.807, 2.05) is 25.3 Å². The third-order valence-electron chi connectivity index (χ3n) is 8.50. The number of aliphatic imine (C=N–C) groups is 1. The zero-order chi connectivity index (χ0) is 30.4. The van der Waals surface area contributed by atoms with Crippen LogP contribution in [0.5, 0.6) is 11.6 Å². The molecule has 12 heteroatoms. The van der Waals surface area contributed by atoms with Gasteiger partial charge in [0.05, 0.1) is 42.2 Å². The summed E-state index contributed by atoms with van der Waals surface area (Å²) < 4.78 is 46.8. The number of phenolic OH excluding ortho intramolecular Hbond substituents is 1.